The van der Waals surface area contributed by atoms with Crippen molar-refractivity contribution in [3.8, 4) is 5.75 Å². The summed E-state index contributed by atoms with van der Waals surface area (Å²) in [5, 5.41) is 4.01. The van der Waals surface area contributed by atoms with Crippen molar-refractivity contribution in [2.45, 2.75) is 13.0 Å². The molecule has 6 heteroatoms. The molecule has 2 heterocycles. The van der Waals surface area contributed by atoms with E-state index in [1.807, 2.05) is 27.8 Å². The van der Waals surface area contributed by atoms with Crippen molar-refractivity contribution >= 4 is 17.2 Å². The second-order valence-corrected chi connectivity index (χ2v) is 6.71. The highest BCUT2D eigenvalue weighted by Gasteiger charge is 2.21. The first-order valence-corrected chi connectivity index (χ1v) is 8.93. The first-order valence-electron chi connectivity index (χ1n) is 7.99. The number of carbonyl (C=O) groups is 1. The Morgan fingerprint density at radius 3 is 2.62 bits per heavy atom. The van der Waals surface area contributed by atoms with E-state index in [0.29, 0.717) is 13.0 Å². The molecule has 24 heavy (non-hydrogen) atoms. The summed E-state index contributed by atoms with van der Waals surface area (Å²) in [4.78, 5) is 16.5. The largest absolute Gasteiger partial charge is 0.494 e. The minimum atomic E-state index is -0.334. The molecule has 3 rings (SSSR count). The van der Waals surface area contributed by atoms with Crippen LogP contribution in [0.4, 0.5) is 4.39 Å². The minimum Gasteiger partial charge on any atom is -0.494 e. The van der Waals surface area contributed by atoms with Gasteiger partial charge in [-0.1, -0.05) is 6.07 Å². The molecule has 0 N–H and O–H groups in total. The van der Waals surface area contributed by atoms with Crippen LogP contribution in [0.2, 0.25) is 0 Å². The van der Waals surface area contributed by atoms with E-state index in [1.165, 1.54) is 13.2 Å². The molecule has 0 saturated carbocycles. The summed E-state index contributed by atoms with van der Waals surface area (Å²) in [6, 6.07) is 7.06. The smallest absolute Gasteiger partial charge is 0.227 e. The number of hydrogen-bond donors (Lipinski definition) is 0. The molecule has 0 bridgehead atoms. The third kappa shape index (κ3) is 4.13. The van der Waals surface area contributed by atoms with E-state index in [4.69, 9.17) is 4.74 Å². The lowest BCUT2D eigenvalue weighted by molar-refractivity contribution is -0.132. The second-order valence-electron chi connectivity index (χ2n) is 5.93. The third-order valence-corrected chi connectivity index (χ3v) is 5.01. The molecule has 1 aliphatic heterocycles. The van der Waals surface area contributed by atoms with Crippen LogP contribution >= 0.6 is 11.3 Å². The average Bonchev–Trinajstić information content (AvgIpc) is 3.08. The Morgan fingerprint density at radius 2 is 2.00 bits per heavy atom. The SMILES string of the molecule is COc1ccc(CN2CCN(C(=O)Cc3ccsc3)CC2)cc1F. The lowest BCUT2D eigenvalue weighted by Crippen LogP contribution is -2.48. The first-order chi connectivity index (χ1) is 11.7. The Labute approximate surface area is 145 Å². The number of methoxy groups -OCH3 is 1. The van der Waals surface area contributed by atoms with Gasteiger partial charge in [-0.05, 0) is 40.1 Å². The van der Waals surface area contributed by atoms with Gasteiger partial charge in [0.25, 0.3) is 0 Å². The van der Waals surface area contributed by atoms with Crippen molar-refractivity contribution in [2.24, 2.45) is 0 Å². The average molecular weight is 348 g/mol. The number of rotatable bonds is 5. The minimum absolute atomic E-state index is 0.184. The number of benzene rings is 1. The summed E-state index contributed by atoms with van der Waals surface area (Å²) < 4.78 is 18.7. The fraction of sp³-hybridized carbons (Fsp3) is 0.389. The van der Waals surface area contributed by atoms with Crippen LogP contribution in [-0.2, 0) is 17.8 Å². The molecule has 1 aromatic carbocycles. The predicted octanol–water partition coefficient (Wildman–Crippen LogP) is 2.78. The highest BCUT2D eigenvalue weighted by atomic mass is 32.1. The molecule has 1 aromatic heterocycles. The van der Waals surface area contributed by atoms with E-state index in [0.717, 1.165) is 37.3 Å². The van der Waals surface area contributed by atoms with Crippen molar-refractivity contribution in [2.75, 3.05) is 33.3 Å². The van der Waals surface area contributed by atoms with Gasteiger partial charge in [-0.3, -0.25) is 9.69 Å². The number of halogens is 1. The van der Waals surface area contributed by atoms with Crippen LogP contribution in [0.5, 0.6) is 5.75 Å². The zero-order valence-electron chi connectivity index (χ0n) is 13.7. The zero-order chi connectivity index (χ0) is 16.9. The molecule has 0 radical (unpaired) electrons. The van der Waals surface area contributed by atoms with Crippen LogP contribution in [0.15, 0.2) is 35.0 Å². The summed E-state index contributed by atoms with van der Waals surface area (Å²) in [5.74, 6) is 0.116. The summed E-state index contributed by atoms with van der Waals surface area (Å²) >= 11 is 1.62. The van der Waals surface area contributed by atoms with Crippen molar-refractivity contribution in [3.63, 3.8) is 0 Å². The van der Waals surface area contributed by atoms with Gasteiger partial charge in [0.2, 0.25) is 5.91 Å². The molecule has 1 saturated heterocycles. The fourth-order valence-electron chi connectivity index (χ4n) is 2.90. The molecule has 2 aromatic rings. The Balaban J connectivity index is 1.50. The molecule has 1 aliphatic rings. The Bertz CT molecular complexity index is 682. The zero-order valence-corrected chi connectivity index (χ0v) is 14.5. The highest BCUT2D eigenvalue weighted by Crippen LogP contribution is 2.19. The van der Waals surface area contributed by atoms with E-state index in [2.05, 4.69) is 4.90 Å². The molecule has 1 fully saturated rings. The summed E-state index contributed by atoms with van der Waals surface area (Å²) in [6.07, 6.45) is 0.479. The number of carbonyl (C=O) groups excluding carboxylic acids is 1. The number of ether oxygens (including phenoxy) is 1. The third-order valence-electron chi connectivity index (χ3n) is 4.28. The highest BCUT2D eigenvalue weighted by molar-refractivity contribution is 7.07. The second kappa shape index (κ2) is 7.77. The number of nitrogens with zero attached hydrogens (tertiary/aromatic N) is 2. The first kappa shape index (κ1) is 16.9. The molecule has 4 nitrogen and oxygen atoms in total. The molecule has 1 amide bonds. The van der Waals surface area contributed by atoms with Crippen molar-refractivity contribution in [3.05, 3.63) is 52.0 Å². The van der Waals surface area contributed by atoms with Crippen LogP contribution < -0.4 is 4.74 Å². The number of piperazine rings is 1. The Morgan fingerprint density at radius 1 is 1.21 bits per heavy atom. The van der Waals surface area contributed by atoms with Crippen LogP contribution in [0.25, 0.3) is 0 Å². The van der Waals surface area contributed by atoms with Gasteiger partial charge in [-0.25, -0.2) is 4.39 Å². The maximum absolute atomic E-state index is 13.8. The number of thiophene rings is 1. The molecule has 0 spiro atoms. The molecular formula is C18H21FN2O2S. The molecule has 0 unspecified atom stereocenters. The lowest BCUT2D eigenvalue weighted by Gasteiger charge is -2.34. The maximum atomic E-state index is 13.8. The quantitative estimate of drug-likeness (QED) is 0.833. The van der Waals surface area contributed by atoms with Gasteiger partial charge in [0.1, 0.15) is 0 Å². The van der Waals surface area contributed by atoms with Gasteiger partial charge >= 0.3 is 0 Å². The van der Waals surface area contributed by atoms with Crippen LogP contribution in [0, 0.1) is 5.82 Å². The topological polar surface area (TPSA) is 32.8 Å². The molecule has 0 aliphatic carbocycles. The van der Waals surface area contributed by atoms with E-state index < -0.39 is 0 Å². The van der Waals surface area contributed by atoms with Gasteiger partial charge in [-0.2, -0.15) is 11.3 Å². The van der Waals surface area contributed by atoms with Crippen molar-refractivity contribution in [1.29, 1.82) is 0 Å². The maximum Gasteiger partial charge on any atom is 0.227 e. The van der Waals surface area contributed by atoms with Crippen LogP contribution in [0.3, 0.4) is 0 Å². The summed E-state index contributed by atoms with van der Waals surface area (Å²) in [5.41, 5.74) is 2.01. The normalized spacial score (nSPS) is 15.5. The fourth-order valence-corrected chi connectivity index (χ4v) is 3.57. The van der Waals surface area contributed by atoms with Crippen molar-refractivity contribution in [1.82, 2.24) is 9.80 Å². The summed E-state index contributed by atoms with van der Waals surface area (Å²) in [7, 11) is 1.46. The van der Waals surface area contributed by atoms with E-state index in [-0.39, 0.29) is 17.5 Å². The predicted molar refractivity (Wildman–Crippen MR) is 92.8 cm³/mol. The summed E-state index contributed by atoms with van der Waals surface area (Å²) in [6.45, 7) is 3.75. The standard InChI is InChI=1S/C18H21FN2O2S/c1-23-17-3-2-14(10-16(17)19)12-20-5-7-21(8-6-20)18(22)11-15-4-9-24-13-15/h2-4,9-10,13H,5-8,11-12H2,1H3. The number of amides is 1. The molecule has 0 atom stereocenters. The Kier molecular flexibility index (Phi) is 5.48. The van der Waals surface area contributed by atoms with Gasteiger partial charge in [0, 0.05) is 32.7 Å². The molecular weight excluding hydrogens is 327 g/mol. The monoisotopic (exact) mass is 348 g/mol. The van der Waals surface area contributed by atoms with Crippen molar-refractivity contribution < 1.29 is 13.9 Å². The van der Waals surface area contributed by atoms with Crippen LogP contribution in [0.1, 0.15) is 11.1 Å². The van der Waals surface area contributed by atoms with Crippen LogP contribution in [-0.4, -0.2) is 49.0 Å². The Hall–Kier alpha value is -1.92. The van der Waals surface area contributed by atoms with Gasteiger partial charge in [0.05, 0.1) is 13.5 Å². The van der Waals surface area contributed by atoms with Gasteiger partial charge in [0.15, 0.2) is 11.6 Å². The number of hydrogen-bond acceptors (Lipinski definition) is 4. The van der Waals surface area contributed by atoms with E-state index >= 15 is 0 Å². The van der Waals surface area contributed by atoms with Gasteiger partial charge < -0.3 is 9.64 Å². The van der Waals surface area contributed by atoms with E-state index in [1.54, 1.807) is 17.4 Å². The van der Waals surface area contributed by atoms with Gasteiger partial charge in [-0.15, -0.1) is 0 Å². The molecule has 128 valence electrons. The van der Waals surface area contributed by atoms with E-state index in [9.17, 15) is 9.18 Å². The lowest BCUT2D eigenvalue weighted by atomic mass is 10.1.